The Bertz CT molecular complexity index is 862. The standard InChI is InChI=1S/C16H15N5.2ClH.H2O/c17-15(18)10-6-12(16(19)20)11-8-13(21-14(11)7-10)9-4-2-1-3-5-9;;;/h1-8,21H,(H3,17,18)(H3,19,20);2*1H;1H2. The molecule has 3 rings (SSSR count). The summed E-state index contributed by atoms with van der Waals surface area (Å²) in [5, 5.41) is 16.1. The first kappa shape index (κ1) is 21.5. The molecule has 0 spiro atoms. The fourth-order valence-electron chi connectivity index (χ4n) is 2.39. The van der Waals surface area contributed by atoms with Gasteiger partial charge in [-0.05, 0) is 23.8 Å². The van der Waals surface area contributed by atoms with Crippen LogP contribution in [0.2, 0.25) is 0 Å². The number of fused-ring (bicyclic) bond motifs is 1. The summed E-state index contributed by atoms with van der Waals surface area (Å²) in [5.41, 5.74) is 15.1. The second-order valence-electron chi connectivity index (χ2n) is 4.86. The van der Waals surface area contributed by atoms with Gasteiger partial charge < -0.3 is 21.9 Å². The van der Waals surface area contributed by atoms with Crippen LogP contribution in [0.25, 0.3) is 22.2 Å². The summed E-state index contributed by atoms with van der Waals surface area (Å²) in [6.45, 7) is 0. The molecule has 0 saturated carbocycles. The van der Waals surface area contributed by atoms with Crippen LogP contribution in [0.4, 0.5) is 0 Å². The molecule has 0 aliphatic heterocycles. The highest BCUT2D eigenvalue weighted by atomic mass is 35.5. The third kappa shape index (κ3) is 3.86. The Morgan fingerprint density at radius 3 is 2.04 bits per heavy atom. The number of rotatable bonds is 3. The van der Waals surface area contributed by atoms with Crippen LogP contribution in [0.3, 0.4) is 0 Å². The number of nitrogens with one attached hydrogen (secondary N) is 3. The molecule has 128 valence electrons. The van der Waals surface area contributed by atoms with Crippen LogP contribution in [0, 0.1) is 10.8 Å². The minimum absolute atomic E-state index is 0. The maximum Gasteiger partial charge on any atom is 0.123 e. The van der Waals surface area contributed by atoms with Gasteiger partial charge >= 0.3 is 0 Å². The molecule has 6 nitrogen and oxygen atoms in total. The topological polar surface area (TPSA) is 147 Å². The zero-order chi connectivity index (χ0) is 15.0. The van der Waals surface area contributed by atoms with E-state index in [4.69, 9.17) is 22.3 Å². The fourth-order valence-corrected chi connectivity index (χ4v) is 2.39. The molecule has 0 radical (unpaired) electrons. The highest BCUT2D eigenvalue weighted by Crippen LogP contribution is 2.27. The van der Waals surface area contributed by atoms with Crippen LogP contribution in [0.15, 0.2) is 48.5 Å². The van der Waals surface area contributed by atoms with E-state index in [0.717, 1.165) is 22.2 Å². The number of hydrogen-bond acceptors (Lipinski definition) is 2. The molecule has 3 aromatic rings. The molecule has 9 N–H and O–H groups in total. The van der Waals surface area contributed by atoms with Gasteiger partial charge in [-0.1, -0.05) is 30.3 Å². The summed E-state index contributed by atoms with van der Waals surface area (Å²) in [6, 6.07) is 15.3. The van der Waals surface area contributed by atoms with E-state index in [1.54, 1.807) is 12.1 Å². The Hall–Kier alpha value is -2.54. The number of nitrogens with two attached hydrogens (primary N) is 2. The lowest BCUT2D eigenvalue weighted by Gasteiger charge is -2.04. The van der Waals surface area contributed by atoms with Crippen LogP contribution in [0.5, 0.6) is 0 Å². The van der Waals surface area contributed by atoms with Gasteiger partial charge in [-0.3, -0.25) is 10.8 Å². The van der Waals surface area contributed by atoms with Gasteiger partial charge in [-0.2, -0.15) is 0 Å². The average molecular weight is 368 g/mol. The van der Waals surface area contributed by atoms with Crippen molar-refractivity contribution in [2.24, 2.45) is 11.5 Å². The number of H-pyrrole nitrogens is 1. The van der Waals surface area contributed by atoms with Crippen molar-refractivity contribution in [1.29, 1.82) is 10.8 Å². The molecule has 1 aromatic heterocycles. The number of hydrogen-bond donors (Lipinski definition) is 5. The van der Waals surface area contributed by atoms with E-state index in [-0.39, 0.29) is 42.0 Å². The van der Waals surface area contributed by atoms with E-state index in [0.29, 0.717) is 11.1 Å². The van der Waals surface area contributed by atoms with Crippen molar-refractivity contribution in [3.63, 3.8) is 0 Å². The van der Waals surface area contributed by atoms with Crippen molar-refractivity contribution in [1.82, 2.24) is 4.98 Å². The molecule has 0 amide bonds. The van der Waals surface area contributed by atoms with E-state index in [1.807, 2.05) is 36.4 Å². The number of benzene rings is 2. The van der Waals surface area contributed by atoms with Crippen molar-refractivity contribution in [3.8, 4) is 11.3 Å². The molecule has 0 bridgehead atoms. The van der Waals surface area contributed by atoms with E-state index < -0.39 is 0 Å². The minimum atomic E-state index is -0.0461. The third-order valence-corrected chi connectivity index (χ3v) is 3.42. The molecule has 0 aliphatic rings. The quantitative estimate of drug-likeness (QED) is 0.357. The van der Waals surface area contributed by atoms with Gasteiger partial charge in [0.25, 0.3) is 0 Å². The van der Waals surface area contributed by atoms with Gasteiger partial charge in [-0.15, -0.1) is 24.8 Å². The number of amidine groups is 2. The summed E-state index contributed by atoms with van der Waals surface area (Å²) in [6.07, 6.45) is 0. The van der Waals surface area contributed by atoms with Gasteiger partial charge in [-0.25, -0.2) is 0 Å². The Kier molecular flexibility index (Phi) is 7.47. The first-order chi connectivity index (χ1) is 10.1. The molecule has 2 aromatic carbocycles. The van der Waals surface area contributed by atoms with Crippen LogP contribution in [0.1, 0.15) is 11.1 Å². The Morgan fingerprint density at radius 1 is 0.875 bits per heavy atom. The average Bonchev–Trinajstić information content (AvgIpc) is 2.90. The summed E-state index contributed by atoms with van der Waals surface area (Å²) in [7, 11) is 0. The Morgan fingerprint density at radius 2 is 1.50 bits per heavy atom. The maximum absolute atomic E-state index is 7.72. The molecule has 0 aliphatic carbocycles. The molecule has 0 fully saturated rings. The molecular weight excluding hydrogens is 349 g/mol. The molecule has 0 atom stereocenters. The predicted octanol–water partition coefficient (Wildman–Crippen LogP) is 2.42. The SMILES string of the molecule is Cl.Cl.N=C(N)c1cc(C(=N)N)c2cc(-c3ccccc3)[nH]c2c1.O. The van der Waals surface area contributed by atoms with Crippen LogP contribution in [-0.2, 0) is 0 Å². The fraction of sp³-hybridized carbons (Fsp3) is 0. The highest BCUT2D eigenvalue weighted by Gasteiger charge is 2.12. The van der Waals surface area contributed by atoms with E-state index in [9.17, 15) is 0 Å². The van der Waals surface area contributed by atoms with Crippen molar-refractivity contribution in [2.45, 2.75) is 0 Å². The summed E-state index contributed by atoms with van der Waals surface area (Å²) in [4.78, 5) is 3.30. The first-order valence-electron chi connectivity index (χ1n) is 6.47. The van der Waals surface area contributed by atoms with Gasteiger partial charge in [0, 0.05) is 27.7 Å². The lowest BCUT2D eigenvalue weighted by Crippen LogP contribution is -2.15. The van der Waals surface area contributed by atoms with Crippen LogP contribution >= 0.6 is 24.8 Å². The molecule has 1 heterocycles. The molecular formula is C16H19Cl2N5O. The van der Waals surface area contributed by atoms with E-state index in [1.165, 1.54) is 0 Å². The summed E-state index contributed by atoms with van der Waals surface area (Å²) in [5.74, 6) is -0.0861. The zero-order valence-corrected chi connectivity index (χ0v) is 14.2. The lowest BCUT2D eigenvalue weighted by atomic mass is 10.0. The normalized spacial score (nSPS) is 9.33. The number of aromatic amines is 1. The van der Waals surface area contributed by atoms with Gasteiger partial charge in [0.05, 0.1) is 0 Å². The predicted molar refractivity (Wildman–Crippen MR) is 104 cm³/mol. The second-order valence-corrected chi connectivity index (χ2v) is 4.86. The maximum atomic E-state index is 7.72. The van der Waals surface area contributed by atoms with Crippen molar-refractivity contribution >= 4 is 47.4 Å². The van der Waals surface area contributed by atoms with E-state index >= 15 is 0 Å². The van der Waals surface area contributed by atoms with Gasteiger partial charge in [0.15, 0.2) is 0 Å². The largest absolute Gasteiger partial charge is 0.412 e. The highest BCUT2D eigenvalue weighted by molar-refractivity contribution is 6.11. The van der Waals surface area contributed by atoms with Crippen LogP contribution in [-0.4, -0.2) is 22.1 Å². The lowest BCUT2D eigenvalue weighted by molar-refractivity contribution is 0.824. The Labute approximate surface area is 151 Å². The molecule has 0 saturated heterocycles. The van der Waals surface area contributed by atoms with Gasteiger partial charge in [0.1, 0.15) is 11.7 Å². The third-order valence-electron chi connectivity index (χ3n) is 3.42. The van der Waals surface area contributed by atoms with Crippen molar-refractivity contribution in [3.05, 3.63) is 59.7 Å². The molecule has 8 heteroatoms. The molecule has 0 unspecified atom stereocenters. The van der Waals surface area contributed by atoms with Crippen LogP contribution < -0.4 is 11.5 Å². The van der Waals surface area contributed by atoms with E-state index in [2.05, 4.69) is 4.98 Å². The number of aromatic nitrogens is 1. The molecule has 24 heavy (non-hydrogen) atoms. The smallest absolute Gasteiger partial charge is 0.123 e. The first-order valence-corrected chi connectivity index (χ1v) is 6.47. The number of halogens is 2. The van der Waals surface area contributed by atoms with Crippen molar-refractivity contribution < 1.29 is 5.48 Å². The Balaban J connectivity index is 0.00000176. The van der Waals surface area contributed by atoms with Crippen molar-refractivity contribution in [2.75, 3.05) is 0 Å². The summed E-state index contributed by atoms with van der Waals surface area (Å²) >= 11 is 0. The second kappa shape index (κ2) is 8.35. The summed E-state index contributed by atoms with van der Waals surface area (Å²) < 4.78 is 0. The zero-order valence-electron chi connectivity index (χ0n) is 12.6. The van der Waals surface area contributed by atoms with Gasteiger partial charge in [0.2, 0.25) is 0 Å². The monoisotopic (exact) mass is 367 g/mol. The number of nitrogen functional groups attached to an aromatic ring is 2. The minimum Gasteiger partial charge on any atom is -0.412 e.